The van der Waals surface area contributed by atoms with Crippen molar-refractivity contribution in [1.82, 2.24) is 5.32 Å². The maximum absolute atomic E-state index is 13.2. The number of benzene rings is 2. The Morgan fingerprint density at radius 3 is 2.75 bits per heavy atom. The molecule has 1 heterocycles. The number of sulfonamides is 1. The number of rotatable bonds is 3. The second-order valence-electron chi connectivity index (χ2n) is 5.00. The molecule has 6 nitrogen and oxygen atoms in total. The third-order valence-corrected chi connectivity index (χ3v) is 4.99. The van der Waals surface area contributed by atoms with Gasteiger partial charge in [0.25, 0.3) is 15.9 Å². The van der Waals surface area contributed by atoms with Crippen LogP contribution >= 0.6 is 11.6 Å². The van der Waals surface area contributed by atoms with Crippen molar-refractivity contribution in [3.05, 3.63) is 52.8 Å². The van der Waals surface area contributed by atoms with Crippen molar-refractivity contribution in [1.29, 1.82) is 0 Å². The van der Waals surface area contributed by atoms with Gasteiger partial charge in [-0.2, -0.15) is 0 Å². The number of ether oxygens (including phenoxy) is 1. The fourth-order valence-corrected chi connectivity index (χ4v) is 3.43. The van der Waals surface area contributed by atoms with Crippen molar-refractivity contribution in [2.75, 3.05) is 17.9 Å². The Morgan fingerprint density at radius 1 is 1.21 bits per heavy atom. The van der Waals surface area contributed by atoms with E-state index in [0.29, 0.717) is 18.9 Å². The summed E-state index contributed by atoms with van der Waals surface area (Å²) in [4.78, 5) is 11.8. The summed E-state index contributed by atoms with van der Waals surface area (Å²) in [5.41, 5.74) is 0.240. The van der Waals surface area contributed by atoms with Gasteiger partial charge in [-0.25, -0.2) is 12.8 Å². The second kappa shape index (κ2) is 6.29. The van der Waals surface area contributed by atoms with E-state index in [-0.39, 0.29) is 21.2 Å². The highest BCUT2D eigenvalue weighted by Crippen LogP contribution is 2.26. The van der Waals surface area contributed by atoms with E-state index < -0.39 is 21.7 Å². The predicted octanol–water partition coefficient (Wildman–Crippen LogP) is 2.40. The molecule has 0 atom stereocenters. The van der Waals surface area contributed by atoms with Crippen LogP contribution in [0.5, 0.6) is 5.75 Å². The lowest BCUT2D eigenvalue weighted by Gasteiger charge is -2.11. The van der Waals surface area contributed by atoms with Crippen LogP contribution in [0.1, 0.15) is 10.4 Å². The van der Waals surface area contributed by atoms with Gasteiger partial charge in [0, 0.05) is 0 Å². The van der Waals surface area contributed by atoms with Gasteiger partial charge in [0.2, 0.25) is 0 Å². The van der Waals surface area contributed by atoms with E-state index in [0.717, 1.165) is 12.1 Å². The monoisotopic (exact) mass is 370 g/mol. The van der Waals surface area contributed by atoms with Crippen molar-refractivity contribution < 1.29 is 22.3 Å². The second-order valence-corrected chi connectivity index (χ2v) is 7.09. The van der Waals surface area contributed by atoms with Gasteiger partial charge in [0.05, 0.1) is 27.7 Å². The van der Waals surface area contributed by atoms with Gasteiger partial charge in [-0.05, 0) is 36.4 Å². The summed E-state index contributed by atoms with van der Waals surface area (Å²) in [7, 11) is -3.98. The van der Waals surface area contributed by atoms with Crippen LogP contribution in [0.4, 0.5) is 10.1 Å². The molecule has 2 aromatic carbocycles. The maximum Gasteiger partial charge on any atom is 0.261 e. The van der Waals surface area contributed by atoms with Crippen LogP contribution in [0.25, 0.3) is 0 Å². The van der Waals surface area contributed by atoms with Crippen LogP contribution in [0.2, 0.25) is 5.02 Å². The smallest absolute Gasteiger partial charge is 0.261 e. The third kappa shape index (κ3) is 3.29. The molecule has 0 aliphatic carbocycles. The summed E-state index contributed by atoms with van der Waals surface area (Å²) in [6.45, 7) is 0.638. The van der Waals surface area contributed by atoms with Gasteiger partial charge in [0.1, 0.15) is 18.2 Å². The van der Waals surface area contributed by atoms with Crippen LogP contribution in [0.15, 0.2) is 41.3 Å². The van der Waals surface area contributed by atoms with Gasteiger partial charge < -0.3 is 10.1 Å². The fourth-order valence-electron chi connectivity index (χ4n) is 2.17. The molecule has 0 radical (unpaired) electrons. The summed E-state index contributed by atoms with van der Waals surface area (Å²) in [5.74, 6) is -0.753. The first kappa shape index (κ1) is 16.5. The Hall–Kier alpha value is -2.32. The van der Waals surface area contributed by atoms with Crippen molar-refractivity contribution in [3.63, 3.8) is 0 Å². The first-order valence-electron chi connectivity index (χ1n) is 6.90. The molecule has 0 saturated carbocycles. The molecule has 9 heteroatoms. The molecular weight excluding hydrogens is 359 g/mol. The zero-order valence-corrected chi connectivity index (χ0v) is 13.7. The number of amides is 1. The average Bonchev–Trinajstić information content (AvgIpc) is 2.72. The van der Waals surface area contributed by atoms with E-state index in [1.807, 2.05) is 0 Å². The van der Waals surface area contributed by atoms with E-state index in [2.05, 4.69) is 10.0 Å². The van der Waals surface area contributed by atoms with E-state index >= 15 is 0 Å². The molecule has 126 valence electrons. The number of carbonyl (C=O) groups is 1. The number of carbonyl (C=O) groups excluding carboxylic acids is 1. The largest absolute Gasteiger partial charge is 0.491 e. The Kier molecular flexibility index (Phi) is 4.33. The molecule has 0 bridgehead atoms. The predicted molar refractivity (Wildman–Crippen MR) is 86.5 cm³/mol. The fraction of sp³-hybridized carbons (Fsp3) is 0.133. The molecule has 1 amide bonds. The molecule has 0 fully saturated rings. The standard InChI is InChI=1S/C15H12ClFN2O4S/c16-12-7-9(1-3-13(12)17)19-24(21,22)10-2-4-14-11(8-10)15(20)18-5-6-23-14/h1-4,7-8,19H,5-6H2,(H,18,20). The molecule has 0 aromatic heterocycles. The minimum Gasteiger partial charge on any atom is -0.491 e. The van der Waals surface area contributed by atoms with Gasteiger partial charge >= 0.3 is 0 Å². The van der Waals surface area contributed by atoms with Crippen molar-refractivity contribution >= 4 is 33.2 Å². The van der Waals surface area contributed by atoms with Crippen LogP contribution in [-0.2, 0) is 10.0 Å². The van der Waals surface area contributed by atoms with Gasteiger partial charge in [-0.3, -0.25) is 9.52 Å². The quantitative estimate of drug-likeness (QED) is 0.869. The SMILES string of the molecule is O=C1NCCOc2ccc(S(=O)(=O)Nc3ccc(F)c(Cl)c3)cc21. The van der Waals surface area contributed by atoms with Gasteiger partial charge in [-0.1, -0.05) is 11.6 Å². The van der Waals surface area contributed by atoms with E-state index in [1.54, 1.807) is 0 Å². The zero-order chi connectivity index (χ0) is 17.3. The van der Waals surface area contributed by atoms with Crippen LogP contribution in [-0.4, -0.2) is 27.5 Å². The molecule has 0 spiro atoms. The van der Waals surface area contributed by atoms with E-state index in [4.69, 9.17) is 16.3 Å². The molecule has 2 N–H and O–H groups in total. The number of nitrogens with one attached hydrogen (secondary N) is 2. The highest BCUT2D eigenvalue weighted by molar-refractivity contribution is 7.92. The summed E-state index contributed by atoms with van der Waals surface area (Å²) < 4.78 is 45.7. The minimum absolute atomic E-state index is 0.108. The van der Waals surface area contributed by atoms with E-state index in [9.17, 15) is 17.6 Å². The summed E-state index contributed by atoms with van der Waals surface area (Å²) in [5, 5.41) is 2.40. The highest BCUT2D eigenvalue weighted by Gasteiger charge is 2.22. The molecule has 0 unspecified atom stereocenters. The Morgan fingerprint density at radius 2 is 2.00 bits per heavy atom. The van der Waals surface area contributed by atoms with Crippen LogP contribution in [0.3, 0.4) is 0 Å². The molecule has 1 aliphatic heterocycles. The summed E-state index contributed by atoms with van der Waals surface area (Å²) >= 11 is 5.64. The lowest BCUT2D eigenvalue weighted by molar-refractivity contribution is 0.0957. The number of hydrogen-bond acceptors (Lipinski definition) is 4. The normalized spacial score (nSPS) is 14.2. The number of hydrogen-bond donors (Lipinski definition) is 2. The molecule has 1 aliphatic rings. The summed E-state index contributed by atoms with van der Waals surface area (Å²) in [6.07, 6.45) is 0. The molecule has 0 saturated heterocycles. The zero-order valence-electron chi connectivity index (χ0n) is 12.2. The van der Waals surface area contributed by atoms with Crippen molar-refractivity contribution in [2.45, 2.75) is 4.90 Å². The first-order chi connectivity index (χ1) is 11.4. The third-order valence-electron chi connectivity index (χ3n) is 3.32. The van der Waals surface area contributed by atoms with Crippen molar-refractivity contribution in [3.8, 4) is 5.75 Å². The van der Waals surface area contributed by atoms with Gasteiger partial charge in [0.15, 0.2) is 0 Å². The van der Waals surface area contributed by atoms with Crippen LogP contribution in [0, 0.1) is 5.82 Å². The lowest BCUT2D eigenvalue weighted by Crippen LogP contribution is -2.24. The van der Waals surface area contributed by atoms with E-state index in [1.165, 1.54) is 24.3 Å². The van der Waals surface area contributed by atoms with Crippen molar-refractivity contribution in [2.24, 2.45) is 0 Å². The minimum atomic E-state index is -3.98. The van der Waals surface area contributed by atoms with Crippen LogP contribution < -0.4 is 14.8 Å². The highest BCUT2D eigenvalue weighted by atomic mass is 35.5. The average molecular weight is 371 g/mol. The Bertz CT molecular complexity index is 918. The summed E-state index contributed by atoms with van der Waals surface area (Å²) in [6, 6.07) is 7.44. The Balaban J connectivity index is 1.95. The first-order valence-corrected chi connectivity index (χ1v) is 8.76. The maximum atomic E-state index is 13.2. The number of fused-ring (bicyclic) bond motifs is 1. The molecule has 3 rings (SSSR count). The Labute approximate surface area is 142 Å². The molecular formula is C15H12ClFN2O4S. The molecule has 24 heavy (non-hydrogen) atoms. The molecule has 2 aromatic rings. The van der Waals surface area contributed by atoms with Gasteiger partial charge in [-0.15, -0.1) is 0 Å². The number of anilines is 1. The lowest BCUT2D eigenvalue weighted by atomic mass is 10.2. The number of halogens is 2. The topological polar surface area (TPSA) is 84.5 Å².